The highest BCUT2D eigenvalue weighted by atomic mass is 16.5. The molecule has 0 aromatic heterocycles. The van der Waals surface area contributed by atoms with Crippen molar-refractivity contribution < 1.29 is 19.1 Å². The number of carbonyl (C=O) groups is 2. The largest absolute Gasteiger partial charge is 0.492 e. The van der Waals surface area contributed by atoms with E-state index in [1.165, 1.54) is 5.56 Å². The molecule has 1 aliphatic heterocycles. The van der Waals surface area contributed by atoms with E-state index >= 15 is 0 Å². The summed E-state index contributed by atoms with van der Waals surface area (Å²) in [7, 11) is 0. The van der Waals surface area contributed by atoms with E-state index in [4.69, 9.17) is 9.47 Å². The Balaban J connectivity index is 1.73. The molecule has 0 saturated carbocycles. The van der Waals surface area contributed by atoms with Gasteiger partial charge in [0.1, 0.15) is 18.1 Å². The van der Waals surface area contributed by atoms with Crippen LogP contribution in [0.15, 0.2) is 42.5 Å². The number of Topliss-reactive ketones (excluding diaryl/α,β-unsaturated/α-hetero) is 1. The summed E-state index contributed by atoms with van der Waals surface area (Å²) in [5.41, 5.74) is 2.41. The van der Waals surface area contributed by atoms with Gasteiger partial charge in [0.2, 0.25) is 0 Å². The number of nitrogens with zero attached hydrogens (tertiary/aromatic N) is 1. The van der Waals surface area contributed by atoms with E-state index in [0.717, 1.165) is 12.2 Å². The van der Waals surface area contributed by atoms with Crippen LogP contribution in [0.2, 0.25) is 0 Å². The average Bonchev–Trinajstić information content (AvgIpc) is 2.65. The van der Waals surface area contributed by atoms with Crippen LogP contribution in [0.25, 0.3) is 0 Å². The lowest BCUT2D eigenvalue weighted by atomic mass is 10.0. The zero-order valence-electron chi connectivity index (χ0n) is 15.2. The summed E-state index contributed by atoms with van der Waals surface area (Å²) >= 11 is 0. The fourth-order valence-corrected chi connectivity index (χ4v) is 2.88. The highest BCUT2D eigenvalue weighted by molar-refractivity contribution is 6.01. The van der Waals surface area contributed by atoms with E-state index in [0.29, 0.717) is 36.6 Å². The first kappa shape index (κ1) is 18.0. The number of benzene rings is 2. The van der Waals surface area contributed by atoms with E-state index in [-0.39, 0.29) is 18.3 Å². The van der Waals surface area contributed by atoms with Gasteiger partial charge in [-0.2, -0.15) is 0 Å². The molecule has 1 aliphatic rings. The maximum absolute atomic E-state index is 12.3. The highest BCUT2D eigenvalue weighted by Gasteiger charge is 2.26. The van der Waals surface area contributed by atoms with Crippen LogP contribution in [0.5, 0.6) is 11.5 Å². The minimum Gasteiger partial charge on any atom is -0.492 e. The van der Waals surface area contributed by atoms with Gasteiger partial charge in [-0.15, -0.1) is 0 Å². The Labute approximate surface area is 153 Å². The molecule has 1 heterocycles. The van der Waals surface area contributed by atoms with Crippen molar-refractivity contribution in [1.29, 1.82) is 0 Å². The Morgan fingerprint density at radius 1 is 1.19 bits per heavy atom. The number of ether oxygens (including phenoxy) is 2. The molecule has 5 heteroatoms. The Bertz CT molecular complexity index is 798. The molecule has 2 aromatic rings. The Hall–Kier alpha value is -2.82. The fourth-order valence-electron chi connectivity index (χ4n) is 2.88. The predicted octanol–water partition coefficient (Wildman–Crippen LogP) is 3.78. The van der Waals surface area contributed by atoms with E-state index in [2.05, 4.69) is 0 Å². The van der Waals surface area contributed by atoms with Crippen molar-refractivity contribution in [2.45, 2.75) is 26.7 Å². The molecular formula is C21H23NO4. The monoisotopic (exact) mass is 353 g/mol. The number of amides is 1. The normalized spacial score (nSPS) is 13.2. The van der Waals surface area contributed by atoms with Crippen molar-refractivity contribution in [2.24, 2.45) is 0 Å². The first-order valence-corrected chi connectivity index (χ1v) is 8.88. The SMILES string of the molecule is CCCC(=O)c1ccc2c(c1)N(CCOc1ccc(C)cc1)C(=O)CO2. The number of ketones is 1. The van der Waals surface area contributed by atoms with Crippen LogP contribution in [0.3, 0.4) is 0 Å². The van der Waals surface area contributed by atoms with Gasteiger partial charge in [-0.1, -0.05) is 24.6 Å². The van der Waals surface area contributed by atoms with E-state index in [1.54, 1.807) is 23.1 Å². The summed E-state index contributed by atoms with van der Waals surface area (Å²) in [6.45, 7) is 4.75. The molecule has 0 atom stereocenters. The summed E-state index contributed by atoms with van der Waals surface area (Å²) in [5.74, 6) is 1.32. The van der Waals surface area contributed by atoms with Crippen molar-refractivity contribution >= 4 is 17.4 Å². The Morgan fingerprint density at radius 2 is 1.96 bits per heavy atom. The number of hydrogen-bond donors (Lipinski definition) is 0. The van der Waals surface area contributed by atoms with Gasteiger partial charge in [-0.3, -0.25) is 9.59 Å². The molecule has 26 heavy (non-hydrogen) atoms. The molecule has 0 N–H and O–H groups in total. The molecule has 0 radical (unpaired) electrons. The smallest absolute Gasteiger partial charge is 0.265 e. The molecule has 1 amide bonds. The van der Waals surface area contributed by atoms with E-state index < -0.39 is 0 Å². The van der Waals surface area contributed by atoms with Gasteiger partial charge >= 0.3 is 0 Å². The van der Waals surface area contributed by atoms with Crippen molar-refractivity contribution in [3.05, 3.63) is 53.6 Å². The summed E-state index contributed by atoms with van der Waals surface area (Å²) < 4.78 is 11.2. The lowest BCUT2D eigenvalue weighted by Crippen LogP contribution is -2.41. The maximum atomic E-state index is 12.3. The summed E-state index contributed by atoms with van der Waals surface area (Å²) in [5, 5.41) is 0. The molecule has 2 aromatic carbocycles. The molecule has 0 bridgehead atoms. The molecule has 0 fully saturated rings. The molecule has 3 rings (SSSR count). The molecule has 0 unspecified atom stereocenters. The van der Waals surface area contributed by atoms with Crippen LogP contribution in [0.1, 0.15) is 35.7 Å². The third-order valence-electron chi connectivity index (χ3n) is 4.31. The number of fused-ring (bicyclic) bond motifs is 1. The number of hydrogen-bond acceptors (Lipinski definition) is 4. The lowest BCUT2D eigenvalue weighted by Gasteiger charge is -2.29. The third kappa shape index (κ3) is 4.04. The average molecular weight is 353 g/mol. The molecular weight excluding hydrogens is 330 g/mol. The number of rotatable bonds is 7. The first-order chi connectivity index (χ1) is 12.6. The van der Waals surface area contributed by atoms with Gasteiger partial charge in [0.25, 0.3) is 5.91 Å². The van der Waals surface area contributed by atoms with Gasteiger partial charge in [-0.05, 0) is 43.7 Å². The minimum absolute atomic E-state index is 0.000214. The molecule has 136 valence electrons. The van der Waals surface area contributed by atoms with Gasteiger partial charge < -0.3 is 14.4 Å². The van der Waals surface area contributed by atoms with E-state index in [1.807, 2.05) is 38.1 Å². The van der Waals surface area contributed by atoms with Crippen molar-refractivity contribution in [2.75, 3.05) is 24.7 Å². The van der Waals surface area contributed by atoms with Crippen LogP contribution in [-0.4, -0.2) is 31.4 Å². The van der Waals surface area contributed by atoms with Gasteiger partial charge in [0, 0.05) is 12.0 Å². The van der Waals surface area contributed by atoms with Gasteiger partial charge in [0.15, 0.2) is 12.4 Å². The second-order valence-electron chi connectivity index (χ2n) is 6.35. The second-order valence-corrected chi connectivity index (χ2v) is 6.35. The lowest BCUT2D eigenvalue weighted by molar-refractivity contribution is -0.121. The van der Waals surface area contributed by atoms with Gasteiger partial charge in [-0.25, -0.2) is 0 Å². The van der Waals surface area contributed by atoms with E-state index in [9.17, 15) is 9.59 Å². The molecule has 0 aliphatic carbocycles. The zero-order valence-corrected chi connectivity index (χ0v) is 15.2. The fraction of sp³-hybridized carbons (Fsp3) is 0.333. The maximum Gasteiger partial charge on any atom is 0.265 e. The van der Waals surface area contributed by atoms with Crippen molar-refractivity contribution in [3.63, 3.8) is 0 Å². The number of carbonyl (C=O) groups excluding carboxylic acids is 2. The third-order valence-corrected chi connectivity index (χ3v) is 4.31. The van der Waals surface area contributed by atoms with Crippen LogP contribution in [0, 0.1) is 6.92 Å². The predicted molar refractivity (Wildman–Crippen MR) is 100 cm³/mol. The summed E-state index contributed by atoms with van der Waals surface area (Å²) in [4.78, 5) is 26.1. The first-order valence-electron chi connectivity index (χ1n) is 8.88. The number of aryl methyl sites for hydroxylation is 1. The Morgan fingerprint density at radius 3 is 2.69 bits per heavy atom. The zero-order chi connectivity index (χ0) is 18.5. The summed E-state index contributed by atoms with van der Waals surface area (Å²) in [6, 6.07) is 13.0. The quantitative estimate of drug-likeness (QED) is 0.711. The van der Waals surface area contributed by atoms with Gasteiger partial charge in [0.05, 0.1) is 12.2 Å². The topological polar surface area (TPSA) is 55.8 Å². The minimum atomic E-state index is -0.134. The van der Waals surface area contributed by atoms with Crippen LogP contribution in [0.4, 0.5) is 5.69 Å². The van der Waals surface area contributed by atoms with Crippen molar-refractivity contribution in [1.82, 2.24) is 0 Å². The summed E-state index contributed by atoms with van der Waals surface area (Å²) in [6.07, 6.45) is 1.28. The molecule has 5 nitrogen and oxygen atoms in total. The Kier molecular flexibility index (Phi) is 5.56. The second kappa shape index (κ2) is 8.04. The highest BCUT2D eigenvalue weighted by Crippen LogP contribution is 2.33. The van der Waals surface area contributed by atoms with Crippen molar-refractivity contribution in [3.8, 4) is 11.5 Å². The van der Waals surface area contributed by atoms with Crippen LogP contribution in [-0.2, 0) is 4.79 Å². The van der Waals surface area contributed by atoms with Crippen LogP contribution < -0.4 is 14.4 Å². The molecule has 0 saturated heterocycles. The standard InChI is InChI=1S/C21H23NO4/c1-3-4-19(23)16-7-10-20-18(13-16)22(21(24)14-26-20)11-12-25-17-8-5-15(2)6-9-17/h5-10,13H,3-4,11-12,14H2,1-2H3. The van der Waals surface area contributed by atoms with Crippen LogP contribution >= 0.6 is 0 Å². The molecule has 0 spiro atoms. The number of anilines is 1.